The predicted octanol–water partition coefficient (Wildman–Crippen LogP) is 6.67. The van der Waals surface area contributed by atoms with Crippen molar-refractivity contribution in [2.24, 2.45) is 0 Å². The van der Waals surface area contributed by atoms with Crippen molar-refractivity contribution in [3.63, 3.8) is 0 Å². The van der Waals surface area contributed by atoms with Crippen LogP contribution in [0.5, 0.6) is 0 Å². The predicted molar refractivity (Wildman–Crippen MR) is 113 cm³/mol. The molecule has 0 aliphatic carbocycles. The third-order valence-corrected chi connectivity index (χ3v) is 4.18. The summed E-state index contributed by atoms with van der Waals surface area (Å²) in [5, 5.41) is 6.74. The summed E-state index contributed by atoms with van der Waals surface area (Å²) in [6.45, 7) is 13.7. The van der Waals surface area contributed by atoms with Gasteiger partial charge in [-0.3, -0.25) is 0 Å². The number of alkyl halides is 3. The molecule has 1 rings (SSSR count). The van der Waals surface area contributed by atoms with Crippen molar-refractivity contribution in [2.45, 2.75) is 33.4 Å². The molecule has 6 heteroatoms. The van der Waals surface area contributed by atoms with Crippen molar-refractivity contribution < 1.29 is 13.2 Å². The molecular formula is C22H26ClF3N2. The Kier molecular flexibility index (Phi) is 9.13. The van der Waals surface area contributed by atoms with Crippen LogP contribution in [0.4, 0.5) is 13.2 Å². The maximum atomic E-state index is 13.0. The molecule has 1 aromatic rings. The first-order valence-corrected chi connectivity index (χ1v) is 9.25. The Morgan fingerprint density at radius 2 is 1.82 bits per heavy atom. The summed E-state index contributed by atoms with van der Waals surface area (Å²) in [5.41, 5.74) is 2.28. The molecule has 0 spiro atoms. The zero-order chi connectivity index (χ0) is 21.3. The molecule has 0 bridgehead atoms. The fourth-order valence-electron chi connectivity index (χ4n) is 2.43. The number of rotatable bonds is 9. The highest BCUT2D eigenvalue weighted by Crippen LogP contribution is 2.28. The Hall–Kier alpha value is -2.40. The van der Waals surface area contributed by atoms with E-state index in [2.05, 4.69) is 23.8 Å². The Morgan fingerprint density at radius 3 is 2.39 bits per heavy atom. The van der Waals surface area contributed by atoms with E-state index in [4.69, 9.17) is 11.6 Å². The van der Waals surface area contributed by atoms with E-state index in [1.807, 2.05) is 26.0 Å². The van der Waals surface area contributed by atoms with Crippen LogP contribution in [0.3, 0.4) is 0 Å². The second-order valence-electron chi connectivity index (χ2n) is 6.17. The van der Waals surface area contributed by atoms with Gasteiger partial charge in [0.05, 0.1) is 5.57 Å². The number of hydrogen-bond acceptors (Lipinski definition) is 2. The minimum atomic E-state index is -4.46. The van der Waals surface area contributed by atoms with Crippen LogP contribution in [0.25, 0.3) is 5.70 Å². The summed E-state index contributed by atoms with van der Waals surface area (Å²) >= 11 is 6.21. The first-order chi connectivity index (χ1) is 13.1. The lowest BCUT2D eigenvalue weighted by molar-refractivity contribution is -0.0882. The lowest BCUT2D eigenvalue weighted by Gasteiger charge is -2.16. The second kappa shape index (κ2) is 10.8. The summed E-state index contributed by atoms with van der Waals surface area (Å²) in [5.74, 6) is 0. The van der Waals surface area contributed by atoms with E-state index in [0.29, 0.717) is 10.7 Å². The van der Waals surface area contributed by atoms with Crippen LogP contribution in [-0.2, 0) is 0 Å². The van der Waals surface area contributed by atoms with Gasteiger partial charge >= 0.3 is 6.18 Å². The zero-order valence-corrected chi connectivity index (χ0v) is 17.1. The molecule has 152 valence electrons. The van der Waals surface area contributed by atoms with Crippen LogP contribution in [0.2, 0.25) is 5.02 Å². The average Bonchev–Trinajstić information content (AvgIpc) is 2.60. The van der Waals surface area contributed by atoms with Gasteiger partial charge in [-0.25, -0.2) is 0 Å². The van der Waals surface area contributed by atoms with Crippen LogP contribution in [-0.4, -0.2) is 12.7 Å². The monoisotopic (exact) mass is 410 g/mol. The molecule has 0 saturated carbocycles. The largest absolute Gasteiger partial charge is 0.416 e. The highest BCUT2D eigenvalue weighted by Gasteiger charge is 2.31. The average molecular weight is 411 g/mol. The molecule has 0 aromatic heterocycles. The van der Waals surface area contributed by atoms with Crippen LogP contribution in [0, 0.1) is 6.92 Å². The number of hydrogen-bond donors (Lipinski definition) is 2. The summed E-state index contributed by atoms with van der Waals surface area (Å²) in [7, 11) is 0. The normalized spacial score (nSPS) is 13.0. The highest BCUT2D eigenvalue weighted by atomic mass is 35.5. The van der Waals surface area contributed by atoms with Gasteiger partial charge in [0.15, 0.2) is 0 Å². The first kappa shape index (κ1) is 23.6. The second-order valence-corrected chi connectivity index (χ2v) is 6.58. The topological polar surface area (TPSA) is 24.1 Å². The number of allylic oxidation sites excluding steroid dienone is 5. The van der Waals surface area contributed by atoms with Gasteiger partial charge in [-0.05, 0) is 44.1 Å². The Bertz CT molecular complexity index is 802. The molecule has 0 saturated heterocycles. The van der Waals surface area contributed by atoms with Gasteiger partial charge in [0.25, 0.3) is 0 Å². The highest BCUT2D eigenvalue weighted by molar-refractivity contribution is 6.31. The molecule has 0 fully saturated rings. The minimum absolute atomic E-state index is 0.0873. The summed E-state index contributed by atoms with van der Waals surface area (Å²) in [6.07, 6.45) is 1.45. The van der Waals surface area contributed by atoms with Gasteiger partial charge in [-0.2, -0.15) is 13.2 Å². The van der Waals surface area contributed by atoms with Crippen molar-refractivity contribution in [3.05, 3.63) is 88.8 Å². The van der Waals surface area contributed by atoms with Gasteiger partial charge in [-0.1, -0.05) is 56.0 Å². The van der Waals surface area contributed by atoms with E-state index < -0.39 is 11.7 Å². The third kappa shape index (κ3) is 7.31. The lowest BCUT2D eigenvalue weighted by atomic mass is 10.0. The van der Waals surface area contributed by atoms with E-state index in [1.165, 1.54) is 13.0 Å². The quantitative estimate of drug-likeness (QED) is 0.444. The standard InChI is InChI=1S/C22H26ClF3N2/c1-6-9-18(22(24,25)26)13-15(3)28-16(4)14-21(27-12-7-2)19-10-8-11-20(23)17(19)5/h6,8-11,13-14,27-28H,3-4,7,12H2,1-2,5H3/b9-6-,18-13+,21-14+. The summed E-state index contributed by atoms with van der Waals surface area (Å²) < 4.78 is 39.0. The van der Waals surface area contributed by atoms with Gasteiger partial charge in [0.1, 0.15) is 0 Å². The maximum absolute atomic E-state index is 13.0. The molecule has 2 nitrogen and oxygen atoms in total. The fraction of sp³-hybridized carbons (Fsp3) is 0.273. The van der Waals surface area contributed by atoms with Crippen LogP contribution in [0.1, 0.15) is 31.4 Å². The fourth-order valence-corrected chi connectivity index (χ4v) is 2.60. The lowest BCUT2D eigenvalue weighted by Crippen LogP contribution is -2.17. The Morgan fingerprint density at radius 1 is 1.18 bits per heavy atom. The summed E-state index contributed by atoms with van der Waals surface area (Å²) in [4.78, 5) is 0. The van der Waals surface area contributed by atoms with Gasteiger partial charge < -0.3 is 10.6 Å². The molecule has 0 amide bonds. The van der Waals surface area contributed by atoms with Crippen molar-refractivity contribution in [1.29, 1.82) is 0 Å². The zero-order valence-electron chi connectivity index (χ0n) is 16.4. The third-order valence-electron chi connectivity index (χ3n) is 3.77. The van der Waals surface area contributed by atoms with Gasteiger partial charge in [-0.15, -0.1) is 0 Å². The van der Waals surface area contributed by atoms with E-state index in [-0.39, 0.29) is 5.70 Å². The minimum Gasteiger partial charge on any atom is -0.385 e. The van der Waals surface area contributed by atoms with Crippen molar-refractivity contribution in [3.8, 4) is 0 Å². The SMILES string of the molecule is C=C(/C=C(/NCCC)c1cccc(Cl)c1C)NC(=C)/C=C(\C=C/C)C(F)(F)F. The molecule has 2 N–H and O–H groups in total. The molecule has 1 aromatic carbocycles. The van der Waals surface area contributed by atoms with Gasteiger partial charge in [0, 0.05) is 34.2 Å². The smallest absolute Gasteiger partial charge is 0.385 e. The van der Waals surface area contributed by atoms with Crippen molar-refractivity contribution in [2.75, 3.05) is 6.54 Å². The molecule has 0 radical (unpaired) electrons. The summed E-state index contributed by atoms with van der Waals surface area (Å²) in [6, 6.07) is 5.57. The molecule has 28 heavy (non-hydrogen) atoms. The van der Waals surface area contributed by atoms with E-state index >= 15 is 0 Å². The van der Waals surface area contributed by atoms with Crippen molar-refractivity contribution >= 4 is 17.3 Å². The Labute approximate surface area is 170 Å². The molecule has 0 aliphatic rings. The molecule has 0 heterocycles. The first-order valence-electron chi connectivity index (χ1n) is 8.87. The molecule has 0 atom stereocenters. The molecule has 0 aliphatic heterocycles. The van der Waals surface area contributed by atoms with Gasteiger partial charge in [0.2, 0.25) is 0 Å². The number of halogens is 4. The Balaban J connectivity index is 3.10. The van der Waals surface area contributed by atoms with E-state index in [1.54, 1.807) is 12.1 Å². The maximum Gasteiger partial charge on any atom is 0.416 e. The van der Waals surface area contributed by atoms with Crippen LogP contribution >= 0.6 is 11.6 Å². The van der Waals surface area contributed by atoms with Crippen molar-refractivity contribution in [1.82, 2.24) is 10.6 Å². The number of benzene rings is 1. The molecule has 0 unspecified atom stereocenters. The molecular weight excluding hydrogens is 385 g/mol. The van der Waals surface area contributed by atoms with E-state index in [9.17, 15) is 13.2 Å². The van der Waals surface area contributed by atoms with Crippen LogP contribution in [0.15, 0.2) is 72.6 Å². The number of nitrogens with one attached hydrogen (secondary N) is 2. The van der Waals surface area contributed by atoms with E-state index in [0.717, 1.165) is 41.9 Å². The van der Waals surface area contributed by atoms with Crippen LogP contribution < -0.4 is 10.6 Å².